The predicted molar refractivity (Wildman–Crippen MR) is 99.3 cm³/mol. The van der Waals surface area contributed by atoms with Gasteiger partial charge in [-0.25, -0.2) is 0 Å². The van der Waals surface area contributed by atoms with E-state index in [4.69, 9.17) is 4.74 Å². The molecule has 2 unspecified atom stereocenters. The second-order valence-electron chi connectivity index (χ2n) is 7.94. The van der Waals surface area contributed by atoms with Gasteiger partial charge in [-0.1, -0.05) is 27.2 Å². The molecule has 0 heterocycles. The lowest BCUT2D eigenvalue weighted by molar-refractivity contribution is -0.113. The maximum atomic E-state index is 9.66. The minimum Gasteiger partial charge on any atom is -0.393 e. The van der Waals surface area contributed by atoms with Crippen LogP contribution >= 0.6 is 0 Å². The molecule has 2 saturated carbocycles. The molecule has 0 radical (unpaired) electrons. The SMILES string of the molecule is CCCCOC1CC(NC(=NCC)NC2CCC(O)CC2)C1(C)C. The summed E-state index contributed by atoms with van der Waals surface area (Å²) in [5, 5.41) is 16.8. The zero-order chi connectivity index (χ0) is 17.6. The molecule has 0 aliphatic heterocycles. The van der Waals surface area contributed by atoms with Gasteiger partial charge in [0.1, 0.15) is 0 Å². The molecule has 2 rings (SSSR count). The fraction of sp³-hybridized carbons (Fsp3) is 0.947. The molecule has 5 heteroatoms. The first-order valence-corrected chi connectivity index (χ1v) is 9.84. The van der Waals surface area contributed by atoms with Crippen molar-refractivity contribution >= 4 is 5.96 Å². The smallest absolute Gasteiger partial charge is 0.191 e. The lowest BCUT2D eigenvalue weighted by atomic mass is 9.64. The summed E-state index contributed by atoms with van der Waals surface area (Å²) in [5.74, 6) is 0.920. The molecule has 0 aromatic rings. The van der Waals surface area contributed by atoms with Crippen molar-refractivity contribution in [1.29, 1.82) is 0 Å². The lowest BCUT2D eigenvalue weighted by Crippen LogP contribution is -2.64. The Balaban J connectivity index is 1.82. The Morgan fingerprint density at radius 1 is 1.17 bits per heavy atom. The summed E-state index contributed by atoms with van der Waals surface area (Å²) in [5.41, 5.74) is 0.132. The first-order valence-electron chi connectivity index (χ1n) is 9.84. The van der Waals surface area contributed by atoms with Gasteiger partial charge in [0.25, 0.3) is 0 Å². The Morgan fingerprint density at radius 2 is 1.88 bits per heavy atom. The van der Waals surface area contributed by atoms with Gasteiger partial charge < -0.3 is 20.5 Å². The van der Waals surface area contributed by atoms with Crippen LogP contribution in [0.15, 0.2) is 4.99 Å². The average molecular weight is 340 g/mol. The molecule has 140 valence electrons. The van der Waals surface area contributed by atoms with Crippen LogP contribution in [0, 0.1) is 5.41 Å². The van der Waals surface area contributed by atoms with E-state index < -0.39 is 0 Å². The second kappa shape index (κ2) is 9.04. The molecule has 2 aliphatic carbocycles. The largest absolute Gasteiger partial charge is 0.393 e. The van der Waals surface area contributed by atoms with Crippen LogP contribution in [-0.4, -0.2) is 48.5 Å². The van der Waals surface area contributed by atoms with E-state index >= 15 is 0 Å². The molecule has 0 amide bonds. The highest BCUT2D eigenvalue weighted by Gasteiger charge is 2.49. The Hall–Kier alpha value is -0.810. The number of nitrogens with zero attached hydrogens (tertiary/aromatic N) is 1. The van der Waals surface area contributed by atoms with Gasteiger partial charge in [-0.15, -0.1) is 0 Å². The Labute approximate surface area is 147 Å². The molecule has 0 aromatic heterocycles. The number of aliphatic hydroxyl groups is 1. The molecule has 2 fully saturated rings. The zero-order valence-electron chi connectivity index (χ0n) is 16.0. The minimum atomic E-state index is -0.117. The molecular weight excluding hydrogens is 302 g/mol. The maximum absolute atomic E-state index is 9.66. The normalized spacial score (nSPS) is 33.0. The lowest BCUT2D eigenvalue weighted by Gasteiger charge is -2.52. The van der Waals surface area contributed by atoms with Crippen molar-refractivity contribution in [1.82, 2.24) is 10.6 Å². The van der Waals surface area contributed by atoms with Crippen LogP contribution in [0.2, 0.25) is 0 Å². The van der Waals surface area contributed by atoms with E-state index in [0.29, 0.717) is 18.2 Å². The third kappa shape index (κ3) is 5.09. The quantitative estimate of drug-likeness (QED) is 0.379. The van der Waals surface area contributed by atoms with E-state index in [1.54, 1.807) is 0 Å². The number of aliphatic hydroxyl groups excluding tert-OH is 1. The number of unbranched alkanes of at least 4 members (excludes halogenated alkanes) is 1. The molecule has 24 heavy (non-hydrogen) atoms. The average Bonchev–Trinajstić information content (AvgIpc) is 2.55. The van der Waals surface area contributed by atoms with Crippen LogP contribution in [0.1, 0.15) is 72.6 Å². The Kier molecular flexibility index (Phi) is 7.35. The molecule has 2 atom stereocenters. The topological polar surface area (TPSA) is 65.9 Å². The van der Waals surface area contributed by atoms with Crippen LogP contribution in [0.25, 0.3) is 0 Å². The molecule has 3 N–H and O–H groups in total. The second-order valence-corrected chi connectivity index (χ2v) is 7.94. The van der Waals surface area contributed by atoms with Crippen molar-refractivity contribution in [3.05, 3.63) is 0 Å². The van der Waals surface area contributed by atoms with Gasteiger partial charge >= 0.3 is 0 Å². The molecule has 0 aromatic carbocycles. The fourth-order valence-electron chi connectivity index (χ4n) is 3.65. The minimum absolute atomic E-state index is 0.117. The molecule has 2 aliphatic rings. The molecule has 0 spiro atoms. The number of aliphatic imine (C=N–C) groups is 1. The van der Waals surface area contributed by atoms with E-state index in [2.05, 4.69) is 43.3 Å². The molecule has 5 nitrogen and oxygen atoms in total. The number of rotatable bonds is 7. The maximum Gasteiger partial charge on any atom is 0.191 e. The zero-order valence-corrected chi connectivity index (χ0v) is 16.0. The summed E-state index contributed by atoms with van der Waals surface area (Å²) >= 11 is 0. The number of nitrogens with one attached hydrogen (secondary N) is 2. The highest BCUT2D eigenvalue weighted by molar-refractivity contribution is 5.80. The molecular formula is C19H37N3O2. The van der Waals surface area contributed by atoms with Crippen LogP contribution in [0.3, 0.4) is 0 Å². The highest BCUT2D eigenvalue weighted by Crippen LogP contribution is 2.42. The van der Waals surface area contributed by atoms with Crippen molar-refractivity contribution in [2.75, 3.05) is 13.2 Å². The summed E-state index contributed by atoms with van der Waals surface area (Å²) in [4.78, 5) is 4.62. The molecule has 0 saturated heterocycles. The fourth-order valence-corrected chi connectivity index (χ4v) is 3.65. The van der Waals surface area contributed by atoms with E-state index in [1.165, 1.54) is 6.42 Å². The number of ether oxygens (including phenoxy) is 1. The predicted octanol–water partition coefficient (Wildman–Crippen LogP) is 2.83. The number of hydrogen-bond donors (Lipinski definition) is 3. The van der Waals surface area contributed by atoms with E-state index in [0.717, 1.165) is 57.6 Å². The van der Waals surface area contributed by atoms with Gasteiger partial charge in [-0.2, -0.15) is 0 Å². The summed E-state index contributed by atoms with van der Waals surface area (Å²) in [6, 6.07) is 0.821. The van der Waals surface area contributed by atoms with Gasteiger partial charge in [0.2, 0.25) is 0 Å². The van der Waals surface area contributed by atoms with Crippen molar-refractivity contribution in [3.8, 4) is 0 Å². The standard InChI is InChI=1S/C19H37N3O2/c1-5-7-12-24-17-13-16(19(17,3)4)22-18(20-6-2)21-14-8-10-15(23)11-9-14/h14-17,23H,5-13H2,1-4H3,(H2,20,21,22). The van der Waals surface area contributed by atoms with Crippen LogP contribution in [-0.2, 0) is 4.74 Å². The van der Waals surface area contributed by atoms with Gasteiger partial charge in [0.05, 0.1) is 12.2 Å². The Morgan fingerprint density at radius 3 is 2.46 bits per heavy atom. The van der Waals surface area contributed by atoms with Gasteiger partial charge in [0.15, 0.2) is 5.96 Å². The summed E-state index contributed by atoms with van der Waals surface area (Å²) in [7, 11) is 0. The van der Waals surface area contributed by atoms with Crippen molar-refractivity contribution in [2.45, 2.75) is 96.9 Å². The van der Waals surface area contributed by atoms with E-state index in [1.807, 2.05) is 0 Å². The van der Waals surface area contributed by atoms with Crippen LogP contribution < -0.4 is 10.6 Å². The highest BCUT2D eigenvalue weighted by atomic mass is 16.5. The van der Waals surface area contributed by atoms with Gasteiger partial charge in [-0.05, 0) is 45.4 Å². The number of hydrogen-bond acceptors (Lipinski definition) is 3. The summed E-state index contributed by atoms with van der Waals surface area (Å²) in [6.07, 6.45) is 7.40. The monoisotopic (exact) mass is 339 g/mol. The molecule has 0 bridgehead atoms. The first-order chi connectivity index (χ1) is 11.5. The third-order valence-electron chi connectivity index (χ3n) is 5.66. The van der Waals surface area contributed by atoms with Crippen LogP contribution in [0.4, 0.5) is 0 Å². The first kappa shape index (κ1) is 19.5. The third-order valence-corrected chi connectivity index (χ3v) is 5.66. The van der Waals surface area contributed by atoms with Gasteiger partial charge in [0, 0.05) is 30.7 Å². The summed E-state index contributed by atoms with van der Waals surface area (Å²) in [6.45, 7) is 10.5. The Bertz CT molecular complexity index is 403. The van der Waals surface area contributed by atoms with Crippen molar-refractivity contribution in [3.63, 3.8) is 0 Å². The van der Waals surface area contributed by atoms with Crippen LogP contribution in [0.5, 0.6) is 0 Å². The van der Waals surface area contributed by atoms with E-state index in [9.17, 15) is 5.11 Å². The van der Waals surface area contributed by atoms with Crippen molar-refractivity contribution < 1.29 is 9.84 Å². The van der Waals surface area contributed by atoms with Crippen molar-refractivity contribution in [2.24, 2.45) is 10.4 Å². The number of guanidine groups is 1. The van der Waals surface area contributed by atoms with Gasteiger partial charge in [-0.3, -0.25) is 4.99 Å². The summed E-state index contributed by atoms with van der Waals surface area (Å²) < 4.78 is 6.04. The van der Waals surface area contributed by atoms with E-state index in [-0.39, 0.29) is 11.5 Å².